The van der Waals surface area contributed by atoms with Crippen molar-refractivity contribution in [2.24, 2.45) is 0 Å². The summed E-state index contributed by atoms with van der Waals surface area (Å²) in [7, 11) is -5.42. The van der Waals surface area contributed by atoms with Gasteiger partial charge in [0, 0.05) is 26.2 Å². The van der Waals surface area contributed by atoms with Gasteiger partial charge in [0.1, 0.15) is 12.1 Å². The van der Waals surface area contributed by atoms with E-state index in [0.717, 1.165) is 6.07 Å². The maximum Gasteiger partial charge on any atom is 0.501 e. The van der Waals surface area contributed by atoms with Crippen LogP contribution in [0.4, 0.5) is 24.7 Å². The molecule has 12 heteroatoms. The van der Waals surface area contributed by atoms with E-state index >= 15 is 0 Å². The highest BCUT2D eigenvalue weighted by Crippen LogP contribution is 2.36. The Morgan fingerprint density at radius 3 is 2.32 bits per heavy atom. The molecule has 2 aromatic heterocycles. The van der Waals surface area contributed by atoms with Crippen LogP contribution in [-0.4, -0.2) is 59.9 Å². The van der Waals surface area contributed by atoms with Crippen LogP contribution in [0.15, 0.2) is 47.6 Å². The maximum atomic E-state index is 13.0. The highest BCUT2D eigenvalue weighted by Gasteiger charge is 2.48. The Morgan fingerprint density at radius 1 is 0.929 bits per heavy atom. The van der Waals surface area contributed by atoms with E-state index in [2.05, 4.69) is 15.3 Å². The van der Waals surface area contributed by atoms with E-state index in [1.165, 1.54) is 29.0 Å². The zero-order valence-corrected chi connectivity index (χ0v) is 15.2. The molecule has 148 valence electrons. The van der Waals surface area contributed by atoms with E-state index in [-0.39, 0.29) is 5.69 Å². The SMILES string of the molecule is O=S(=O)(c1ccccc1N1CCN(c2ccc3nncn3n2)CC1)C(F)(F)F. The summed E-state index contributed by atoms with van der Waals surface area (Å²) in [4.78, 5) is 2.89. The first-order valence-corrected chi connectivity index (χ1v) is 9.83. The van der Waals surface area contributed by atoms with Crippen LogP contribution < -0.4 is 9.80 Å². The number of benzene rings is 1. The van der Waals surface area contributed by atoms with Crippen LogP contribution in [0.5, 0.6) is 0 Å². The van der Waals surface area contributed by atoms with Crippen LogP contribution in [0.3, 0.4) is 0 Å². The van der Waals surface area contributed by atoms with Gasteiger partial charge >= 0.3 is 5.51 Å². The lowest BCUT2D eigenvalue weighted by Crippen LogP contribution is -2.47. The van der Waals surface area contributed by atoms with E-state index < -0.39 is 20.2 Å². The second-order valence-electron chi connectivity index (χ2n) is 6.22. The van der Waals surface area contributed by atoms with Gasteiger partial charge in [0.05, 0.1) is 10.6 Å². The Kier molecular flexibility index (Phi) is 4.37. The Hall–Kier alpha value is -2.89. The molecule has 4 rings (SSSR count). The Bertz CT molecular complexity index is 1110. The standard InChI is InChI=1S/C16H15F3N6O2S/c17-16(18,19)28(26,27)13-4-2-1-3-12(13)23-7-9-24(10-8-23)15-6-5-14-21-20-11-25(14)22-15/h1-6,11H,7-10H2. The fraction of sp³-hybridized carbons (Fsp3) is 0.312. The number of alkyl halides is 3. The molecular weight excluding hydrogens is 397 g/mol. The maximum absolute atomic E-state index is 13.0. The van der Waals surface area contributed by atoms with E-state index in [1.54, 1.807) is 17.0 Å². The van der Waals surface area contributed by atoms with Crippen LogP contribution >= 0.6 is 0 Å². The van der Waals surface area contributed by atoms with Crippen LogP contribution in [-0.2, 0) is 9.84 Å². The van der Waals surface area contributed by atoms with Gasteiger partial charge in [-0.1, -0.05) is 12.1 Å². The number of hydrogen-bond donors (Lipinski definition) is 0. The van der Waals surface area contributed by atoms with Crippen molar-refractivity contribution in [3.63, 3.8) is 0 Å². The number of rotatable bonds is 3. The Morgan fingerprint density at radius 2 is 1.61 bits per heavy atom. The lowest BCUT2D eigenvalue weighted by molar-refractivity contribution is -0.0435. The molecule has 1 aliphatic rings. The fourth-order valence-corrected chi connectivity index (χ4v) is 4.11. The molecule has 1 fully saturated rings. The van der Waals surface area contributed by atoms with Gasteiger partial charge in [-0.15, -0.1) is 15.3 Å². The third kappa shape index (κ3) is 3.13. The normalized spacial score (nSPS) is 16.0. The number of sulfone groups is 1. The molecule has 0 radical (unpaired) electrons. The topological polar surface area (TPSA) is 83.7 Å². The molecule has 3 aromatic rings. The Labute approximate surface area is 158 Å². The summed E-state index contributed by atoms with van der Waals surface area (Å²) >= 11 is 0. The third-order valence-corrected chi connectivity index (χ3v) is 6.09. The first-order chi connectivity index (χ1) is 13.3. The molecule has 0 aliphatic carbocycles. The van der Waals surface area contributed by atoms with E-state index in [9.17, 15) is 21.6 Å². The minimum absolute atomic E-state index is 0.0571. The number of fused-ring (bicyclic) bond motifs is 1. The number of aromatic nitrogens is 4. The summed E-state index contributed by atoms with van der Waals surface area (Å²) < 4.78 is 64.4. The van der Waals surface area contributed by atoms with Crippen molar-refractivity contribution < 1.29 is 21.6 Å². The second-order valence-corrected chi connectivity index (χ2v) is 8.13. The molecule has 0 amide bonds. The number of para-hydroxylation sites is 1. The highest BCUT2D eigenvalue weighted by molar-refractivity contribution is 7.92. The van der Waals surface area contributed by atoms with Crippen molar-refractivity contribution in [1.29, 1.82) is 0 Å². The molecule has 28 heavy (non-hydrogen) atoms. The molecule has 3 heterocycles. The van der Waals surface area contributed by atoms with Crippen molar-refractivity contribution in [2.45, 2.75) is 10.4 Å². The van der Waals surface area contributed by atoms with E-state index in [1.807, 2.05) is 4.90 Å². The van der Waals surface area contributed by atoms with Gasteiger partial charge < -0.3 is 9.80 Å². The van der Waals surface area contributed by atoms with Crippen LogP contribution in [0.25, 0.3) is 5.65 Å². The van der Waals surface area contributed by atoms with E-state index in [0.29, 0.717) is 37.6 Å². The van der Waals surface area contributed by atoms with Gasteiger partial charge in [-0.3, -0.25) is 0 Å². The Balaban J connectivity index is 1.56. The predicted octanol–water partition coefficient (Wildman–Crippen LogP) is 1.74. The second kappa shape index (κ2) is 6.62. The summed E-state index contributed by atoms with van der Waals surface area (Å²) in [5.74, 6) is 0.683. The first-order valence-electron chi connectivity index (χ1n) is 8.35. The van der Waals surface area contributed by atoms with Crippen LogP contribution in [0.1, 0.15) is 0 Å². The van der Waals surface area contributed by atoms with Crippen molar-refractivity contribution in [2.75, 3.05) is 36.0 Å². The summed E-state index contributed by atoms with van der Waals surface area (Å²) in [6, 6.07) is 8.77. The van der Waals surface area contributed by atoms with Gasteiger partial charge in [-0.2, -0.15) is 17.7 Å². The monoisotopic (exact) mass is 412 g/mol. The zero-order chi connectivity index (χ0) is 19.9. The highest BCUT2D eigenvalue weighted by atomic mass is 32.2. The van der Waals surface area contributed by atoms with Crippen molar-refractivity contribution in [1.82, 2.24) is 19.8 Å². The number of anilines is 2. The quantitative estimate of drug-likeness (QED) is 0.648. The van der Waals surface area contributed by atoms with Crippen molar-refractivity contribution in [3.8, 4) is 0 Å². The third-order valence-electron chi connectivity index (χ3n) is 4.55. The molecule has 8 nitrogen and oxygen atoms in total. The average Bonchev–Trinajstić information content (AvgIpc) is 3.15. The van der Waals surface area contributed by atoms with Crippen LogP contribution in [0.2, 0.25) is 0 Å². The average molecular weight is 412 g/mol. The lowest BCUT2D eigenvalue weighted by Gasteiger charge is -2.37. The first kappa shape index (κ1) is 18.5. The summed E-state index contributed by atoms with van der Waals surface area (Å²) in [6.45, 7) is 1.65. The molecule has 0 bridgehead atoms. The van der Waals surface area contributed by atoms with Gasteiger partial charge in [0.15, 0.2) is 5.65 Å². The molecule has 0 spiro atoms. The zero-order valence-electron chi connectivity index (χ0n) is 14.4. The summed E-state index contributed by atoms with van der Waals surface area (Å²) in [5, 5.41) is 12.1. The van der Waals surface area contributed by atoms with Crippen molar-refractivity contribution in [3.05, 3.63) is 42.7 Å². The van der Waals surface area contributed by atoms with Crippen molar-refractivity contribution >= 4 is 27.0 Å². The van der Waals surface area contributed by atoms with Gasteiger partial charge in [-0.25, -0.2) is 8.42 Å². The molecule has 1 aliphatic heterocycles. The molecular formula is C16H15F3N6O2S. The molecule has 1 aromatic carbocycles. The summed E-state index contributed by atoms with van der Waals surface area (Å²) in [5.41, 5.74) is -4.68. The number of hydrogen-bond acceptors (Lipinski definition) is 7. The summed E-state index contributed by atoms with van der Waals surface area (Å²) in [6.07, 6.45) is 1.48. The largest absolute Gasteiger partial charge is 0.501 e. The minimum Gasteiger partial charge on any atom is -0.367 e. The van der Waals surface area contributed by atoms with E-state index in [4.69, 9.17) is 0 Å². The number of piperazine rings is 1. The smallest absolute Gasteiger partial charge is 0.367 e. The number of nitrogens with zero attached hydrogens (tertiary/aromatic N) is 6. The molecule has 1 saturated heterocycles. The lowest BCUT2D eigenvalue weighted by atomic mass is 10.2. The van der Waals surface area contributed by atoms with Gasteiger partial charge in [0.25, 0.3) is 9.84 Å². The predicted molar refractivity (Wildman–Crippen MR) is 94.9 cm³/mol. The van der Waals surface area contributed by atoms with Crippen LogP contribution in [0, 0.1) is 0 Å². The molecule has 0 unspecified atom stereocenters. The molecule has 0 saturated carbocycles. The van der Waals surface area contributed by atoms with Gasteiger partial charge in [0.2, 0.25) is 0 Å². The minimum atomic E-state index is -5.42. The van der Waals surface area contributed by atoms with Gasteiger partial charge in [-0.05, 0) is 24.3 Å². The molecule has 0 N–H and O–H groups in total. The fourth-order valence-electron chi connectivity index (χ4n) is 3.13. The molecule has 0 atom stereocenters. The number of halogens is 3.